The lowest BCUT2D eigenvalue weighted by atomic mass is 10.1. The Bertz CT molecular complexity index is 198. The van der Waals surface area contributed by atoms with Gasteiger partial charge in [0.15, 0.2) is 0 Å². The molecule has 0 aliphatic carbocycles. The van der Waals surface area contributed by atoms with Crippen molar-refractivity contribution in [1.29, 1.82) is 0 Å². The van der Waals surface area contributed by atoms with Gasteiger partial charge >= 0.3 is 0 Å². The van der Waals surface area contributed by atoms with Crippen LogP contribution in [0.3, 0.4) is 0 Å². The van der Waals surface area contributed by atoms with Gasteiger partial charge in [0.25, 0.3) is 10.1 Å². The number of unbranched alkanes of at least 4 members (excludes halogenated alkanes) is 5. The average Bonchev–Trinajstić information content (AvgIpc) is 2.01. The molecule has 0 unspecified atom stereocenters. The maximum atomic E-state index is 10.3. The summed E-state index contributed by atoms with van der Waals surface area (Å²) in [6.07, 6.45) is 5.14. The van der Waals surface area contributed by atoms with E-state index in [0.717, 1.165) is 32.1 Å². The molecule has 0 amide bonds. The van der Waals surface area contributed by atoms with Gasteiger partial charge in [-0.05, 0) is 12.8 Å². The molecule has 13 heavy (non-hydrogen) atoms. The third-order valence-electron chi connectivity index (χ3n) is 1.81. The number of rotatable bonds is 8. The van der Waals surface area contributed by atoms with Gasteiger partial charge in [0.1, 0.15) is 0 Å². The summed E-state index contributed by atoms with van der Waals surface area (Å²) < 4.78 is 29.0. The molecule has 0 atom stereocenters. The van der Waals surface area contributed by atoms with Crippen LogP contribution in [-0.4, -0.2) is 30.4 Å². The molecular weight excluding hydrogens is 192 g/mol. The fourth-order valence-electron chi connectivity index (χ4n) is 1.10. The first-order chi connectivity index (χ1) is 6.06. The molecule has 0 fully saturated rings. The molecule has 0 bridgehead atoms. The molecule has 2 N–H and O–H groups in total. The number of aliphatic hydroxyl groups is 1. The third kappa shape index (κ3) is 11.9. The molecule has 0 aromatic rings. The summed E-state index contributed by atoms with van der Waals surface area (Å²) in [6.45, 7) is 0.227. The Morgan fingerprint density at radius 1 is 0.846 bits per heavy atom. The molecule has 0 heterocycles. The van der Waals surface area contributed by atoms with E-state index in [0.29, 0.717) is 6.42 Å². The predicted octanol–water partition coefficient (Wildman–Crippen LogP) is 1.21. The molecule has 4 nitrogen and oxygen atoms in total. The van der Waals surface area contributed by atoms with Gasteiger partial charge in [-0.3, -0.25) is 4.55 Å². The highest BCUT2D eigenvalue weighted by molar-refractivity contribution is 7.85. The van der Waals surface area contributed by atoms with Crippen LogP contribution in [0.15, 0.2) is 0 Å². The van der Waals surface area contributed by atoms with E-state index in [-0.39, 0.29) is 12.4 Å². The van der Waals surface area contributed by atoms with Crippen molar-refractivity contribution < 1.29 is 18.1 Å². The van der Waals surface area contributed by atoms with Crippen molar-refractivity contribution in [3.05, 3.63) is 0 Å². The Morgan fingerprint density at radius 2 is 1.31 bits per heavy atom. The summed E-state index contributed by atoms with van der Waals surface area (Å²) in [7, 11) is -3.76. The maximum Gasteiger partial charge on any atom is 0.264 e. The molecule has 5 heteroatoms. The zero-order valence-corrected chi connectivity index (χ0v) is 8.59. The molecule has 0 aromatic heterocycles. The Kier molecular flexibility index (Phi) is 7.22. The lowest BCUT2D eigenvalue weighted by Gasteiger charge is -1.99. The Labute approximate surface area is 79.7 Å². The van der Waals surface area contributed by atoms with Crippen molar-refractivity contribution >= 4 is 10.1 Å². The van der Waals surface area contributed by atoms with Crippen LogP contribution in [0.5, 0.6) is 0 Å². The fraction of sp³-hybridized carbons (Fsp3) is 1.00. The summed E-state index contributed by atoms with van der Waals surface area (Å²) in [5.41, 5.74) is 0. The monoisotopic (exact) mass is 210 g/mol. The predicted molar refractivity (Wildman–Crippen MR) is 51.2 cm³/mol. The first kappa shape index (κ1) is 12.9. The molecule has 0 saturated carbocycles. The van der Waals surface area contributed by atoms with E-state index < -0.39 is 10.1 Å². The van der Waals surface area contributed by atoms with Crippen LogP contribution in [0.25, 0.3) is 0 Å². The number of hydrogen-bond acceptors (Lipinski definition) is 3. The van der Waals surface area contributed by atoms with E-state index >= 15 is 0 Å². The molecule has 0 rings (SSSR count). The molecule has 0 radical (unpaired) electrons. The fourth-order valence-corrected chi connectivity index (χ4v) is 1.67. The van der Waals surface area contributed by atoms with Crippen molar-refractivity contribution in [3.8, 4) is 0 Å². The van der Waals surface area contributed by atoms with Gasteiger partial charge in [0, 0.05) is 6.61 Å². The van der Waals surface area contributed by atoms with Crippen LogP contribution in [0.1, 0.15) is 38.5 Å². The van der Waals surface area contributed by atoms with E-state index in [2.05, 4.69) is 0 Å². The lowest BCUT2D eigenvalue weighted by Crippen LogP contribution is -2.03. The average molecular weight is 210 g/mol. The standard InChI is InChI=1S/C8H18O4S/c9-7-5-3-1-2-4-6-8-13(10,11)12/h9H,1-8H2,(H,10,11,12). The zero-order chi connectivity index (χ0) is 10.2. The molecule has 0 aromatic carbocycles. The van der Waals surface area contributed by atoms with Crippen molar-refractivity contribution in [2.75, 3.05) is 12.4 Å². The minimum atomic E-state index is -3.76. The second-order valence-electron chi connectivity index (χ2n) is 3.13. The van der Waals surface area contributed by atoms with Crippen molar-refractivity contribution in [2.24, 2.45) is 0 Å². The van der Waals surface area contributed by atoms with Crippen molar-refractivity contribution in [1.82, 2.24) is 0 Å². The van der Waals surface area contributed by atoms with Crippen LogP contribution in [0, 0.1) is 0 Å². The van der Waals surface area contributed by atoms with Crippen molar-refractivity contribution in [3.63, 3.8) is 0 Å². The topological polar surface area (TPSA) is 74.6 Å². The van der Waals surface area contributed by atoms with Gasteiger partial charge in [-0.15, -0.1) is 0 Å². The third-order valence-corrected chi connectivity index (χ3v) is 2.61. The zero-order valence-electron chi connectivity index (χ0n) is 7.78. The first-order valence-electron chi connectivity index (χ1n) is 4.62. The summed E-state index contributed by atoms with van der Waals surface area (Å²) in [6, 6.07) is 0. The minimum absolute atomic E-state index is 0.132. The summed E-state index contributed by atoms with van der Waals surface area (Å²) in [5.74, 6) is -0.132. The van der Waals surface area contributed by atoms with Crippen LogP contribution in [0.2, 0.25) is 0 Å². The quantitative estimate of drug-likeness (QED) is 0.466. The summed E-state index contributed by atoms with van der Waals surface area (Å²) >= 11 is 0. The Morgan fingerprint density at radius 3 is 1.77 bits per heavy atom. The van der Waals surface area contributed by atoms with E-state index in [1.807, 2.05) is 0 Å². The normalized spacial score (nSPS) is 11.8. The van der Waals surface area contributed by atoms with Gasteiger partial charge in [0.2, 0.25) is 0 Å². The Balaban J connectivity index is 3.09. The minimum Gasteiger partial charge on any atom is -0.396 e. The molecule has 0 aliphatic heterocycles. The van der Waals surface area contributed by atoms with E-state index in [1.165, 1.54) is 0 Å². The largest absolute Gasteiger partial charge is 0.396 e. The van der Waals surface area contributed by atoms with Gasteiger partial charge in [-0.25, -0.2) is 0 Å². The van der Waals surface area contributed by atoms with Gasteiger partial charge < -0.3 is 5.11 Å². The highest BCUT2D eigenvalue weighted by Crippen LogP contribution is 2.05. The maximum absolute atomic E-state index is 10.3. The summed E-state index contributed by atoms with van der Waals surface area (Å²) in [5, 5.41) is 8.46. The lowest BCUT2D eigenvalue weighted by molar-refractivity contribution is 0.282. The molecule has 0 aliphatic rings. The SMILES string of the molecule is O=S(=O)(O)CCCCCCCCO. The van der Waals surface area contributed by atoms with Crippen LogP contribution < -0.4 is 0 Å². The molecule has 0 spiro atoms. The van der Waals surface area contributed by atoms with Gasteiger partial charge in [-0.2, -0.15) is 8.42 Å². The molecule has 80 valence electrons. The van der Waals surface area contributed by atoms with Crippen LogP contribution in [0.4, 0.5) is 0 Å². The van der Waals surface area contributed by atoms with Crippen LogP contribution >= 0.6 is 0 Å². The van der Waals surface area contributed by atoms with E-state index in [1.54, 1.807) is 0 Å². The molecule has 0 saturated heterocycles. The van der Waals surface area contributed by atoms with Crippen LogP contribution in [-0.2, 0) is 10.1 Å². The first-order valence-corrected chi connectivity index (χ1v) is 6.23. The number of aliphatic hydroxyl groups excluding tert-OH is 1. The second kappa shape index (κ2) is 7.29. The van der Waals surface area contributed by atoms with Gasteiger partial charge in [0.05, 0.1) is 5.75 Å². The highest BCUT2D eigenvalue weighted by atomic mass is 32.2. The van der Waals surface area contributed by atoms with Gasteiger partial charge in [-0.1, -0.05) is 25.7 Å². The summed E-state index contributed by atoms with van der Waals surface area (Å²) in [4.78, 5) is 0. The van der Waals surface area contributed by atoms with E-state index in [4.69, 9.17) is 9.66 Å². The smallest absolute Gasteiger partial charge is 0.264 e. The molecular formula is C8H18O4S. The highest BCUT2D eigenvalue weighted by Gasteiger charge is 2.02. The van der Waals surface area contributed by atoms with Crippen molar-refractivity contribution in [2.45, 2.75) is 38.5 Å². The second-order valence-corrected chi connectivity index (χ2v) is 4.70. The van der Waals surface area contributed by atoms with E-state index in [9.17, 15) is 8.42 Å². The Hall–Kier alpha value is -0.130. The number of hydrogen-bond donors (Lipinski definition) is 2.